The van der Waals surface area contributed by atoms with Gasteiger partial charge in [0.05, 0.1) is 0 Å². The monoisotopic (exact) mass is 289 g/mol. The second-order valence-corrected chi connectivity index (χ2v) is 4.74. The van der Waals surface area contributed by atoms with Gasteiger partial charge in [-0.2, -0.15) is 4.98 Å². The van der Waals surface area contributed by atoms with Gasteiger partial charge in [-0.25, -0.2) is 0 Å². The highest BCUT2D eigenvalue weighted by molar-refractivity contribution is 6.32. The first-order valence-corrected chi connectivity index (χ1v) is 6.39. The van der Waals surface area contributed by atoms with Crippen LogP contribution in [0.4, 0.5) is 5.82 Å². The van der Waals surface area contributed by atoms with Crippen LogP contribution in [0, 0.1) is 0 Å². The van der Waals surface area contributed by atoms with Crippen LogP contribution in [0.3, 0.4) is 0 Å². The predicted octanol–water partition coefficient (Wildman–Crippen LogP) is 1.24. The zero-order valence-electron chi connectivity index (χ0n) is 9.94. The minimum absolute atomic E-state index is 0.0714. The van der Waals surface area contributed by atoms with E-state index in [0.717, 1.165) is 19.5 Å². The van der Waals surface area contributed by atoms with E-state index in [1.165, 1.54) is 0 Å². The first kappa shape index (κ1) is 13.3. The summed E-state index contributed by atoms with van der Waals surface area (Å²) in [6, 6.07) is 0. The van der Waals surface area contributed by atoms with Gasteiger partial charge in [-0.3, -0.25) is 4.79 Å². The predicted molar refractivity (Wildman–Crippen MR) is 68.9 cm³/mol. The molecule has 0 bridgehead atoms. The first-order chi connectivity index (χ1) is 8.58. The molecule has 2 heterocycles. The van der Waals surface area contributed by atoms with Crippen LogP contribution in [0.2, 0.25) is 10.4 Å². The van der Waals surface area contributed by atoms with Crippen LogP contribution in [0.1, 0.15) is 13.3 Å². The van der Waals surface area contributed by atoms with E-state index in [2.05, 4.69) is 15.2 Å². The molecule has 0 unspecified atom stereocenters. The standard InChI is InChI=1S/C10H13Cl2N5O/c1-7(18)16-3-2-4-17(6-5-16)9-8(11)14-15-10(12)13-9/h2-6H2,1H3. The average molecular weight is 290 g/mol. The van der Waals surface area contributed by atoms with Crippen LogP contribution < -0.4 is 4.90 Å². The molecule has 18 heavy (non-hydrogen) atoms. The number of halogens is 2. The lowest BCUT2D eigenvalue weighted by atomic mass is 10.4. The Labute approximate surface area is 115 Å². The molecular weight excluding hydrogens is 277 g/mol. The number of hydrogen-bond acceptors (Lipinski definition) is 5. The van der Waals surface area contributed by atoms with E-state index in [0.29, 0.717) is 18.9 Å². The van der Waals surface area contributed by atoms with Gasteiger partial charge in [0.1, 0.15) is 0 Å². The van der Waals surface area contributed by atoms with E-state index in [1.54, 1.807) is 6.92 Å². The fourth-order valence-electron chi connectivity index (χ4n) is 1.93. The Hall–Kier alpha value is -1.14. The van der Waals surface area contributed by atoms with Crippen molar-refractivity contribution in [2.75, 3.05) is 31.1 Å². The molecule has 1 saturated heterocycles. The van der Waals surface area contributed by atoms with E-state index in [-0.39, 0.29) is 16.3 Å². The maximum absolute atomic E-state index is 11.3. The first-order valence-electron chi connectivity index (χ1n) is 5.64. The van der Waals surface area contributed by atoms with Gasteiger partial charge in [0.25, 0.3) is 0 Å². The number of anilines is 1. The van der Waals surface area contributed by atoms with Crippen molar-refractivity contribution in [2.45, 2.75) is 13.3 Å². The van der Waals surface area contributed by atoms with Gasteiger partial charge in [0.2, 0.25) is 11.2 Å². The van der Waals surface area contributed by atoms with Crippen molar-refractivity contribution in [1.29, 1.82) is 0 Å². The van der Waals surface area contributed by atoms with E-state index < -0.39 is 0 Å². The number of amides is 1. The number of rotatable bonds is 1. The van der Waals surface area contributed by atoms with Gasteiger partial charge in [0.15, 0.2) is 11.0 Å². The van der Waals surface area contributed by atoms with Crippen molar-refractivity contribution in [3.63, 3.8) is 0 Å². The largest absolute Gasteiger partial charge is 0.352 e. The number of nitrogens with zero attached hydrogens (tertiary/aromatic N) is 5. The Morgan fingerprint density at radius 1 is 1.17 bits per heavy atom. The number of carbonyl (C=O) groups excluding carboxylic acids is 1. The highest BCUT2D eigenvalue weighted by Gasteiger charge is 2.20. The summed E-state index contributed by atoms with van der Waals surface area (Å²) in [6.07, 6.45) is 0.859. The van der Waals surface area contributed by atoms with Gasteiger partial charge in [-0.05, 0) is 18.0 Å². The van der Waals surface area contributed by atoms with Crippen LogP contribution in [0.25, 0.3) is 0 Å². The number of carbonyl (C=O) groups is 1. The third-order valence-corrected chi connectivity index (χ3v) is 3.25. The molecule has 1 aromatic rings. The van der Waals surface area contributed by atoms with Crippen LogP contribution in [-0.2, 0) is 4.79 Å². The lowest BCUT2D eigenvalue weighted by molar-refractivity contribution is -0.128. The van der Waals surface area contributed by atoms with Crippen LogP contribution in [0.5, 0.6) is 0 Å². The van der Waals surface area contributed by atoms with Gasteiger partial charge < -0.3 is 9.80 Å². The van der Waals surface area contributed by atoms with E-state index in [4.69, 9.17) is 23.2 Å². The summed E-state index contributed by atoms with van der Waals surface area (Å²) in [7, 11) is 0. The van der Waals surface area contributed by atoms with Crippen molar-refractivity contribution < 1.29 is 4.79 Å². The van der Waals surface area contributed by atoms with Gasteiger partial charge >= 0.3 is 0 Å². The fourth-order valence-corrected chi connectivity index (χ4v) is 2.25. The topological polar surface area (TPSA) is 62.2 Å². The van der Waals surface area contributed by atoms with Crippen LogP contribution in [-0.4, -0.2) is 52.2 Å². The molecule has 1 fully saturated rings. The summed E-state index contributed by atoms with van der Waals surface area (Å²) in [6.45, 7) is 4.39. The minimum atomic E-state index is 0.0714. The highest BCUT2D eigenvalue weighted by atomic mass is 35.5. The molecule has 0 saturated carbocycles. The second-order valence-electron chi connectivity index (χ2n) is 4.04. The number of hydrogen-bond donors (Lipinski definition) is 0. The highest BCUT2D eigenvalue weighted by Crippen LogP contribution is 2.22. The summed E-state index contributed by atoms with van der Waals surface area (Å²) in [5.74, 6) is 0.615. The molecule has 0 aromatic carbocycles. The average Bonchev–Trinajstić information content (AvgIpc) is 2.58. The zero-order valence-corrected chi connectivity index (χ0v) is 11.4. The molecule has 6 nitrogen and oxygen atoms in total. The molecular formula is C10H13Cl2N5O. The lowest BCUT2D eigenvalue weighted by Gasteiger charge is -2.22. The van der Waals surface area contributed by atoms with Crippen LogP contribution in [0.15, 0.2) is 0 Å². The maximum atomic E-state index is 11.3. The van der Waals surface area contributed by atoms with Gasteiger partial charge in [0, 0.05) is 33.1 Å². The lowest BCUT2D eigenvalue weighted by Crippen LogP contribution is -2.34. The molecule has 98 valence electrons. The van der Waals surface area contributed by atoms with Crippen molar-refractivity contribution in [3.8, 4) is 0 Å². The van der Waals surface area contributed by atoms with Gasteiger partial charge in [-0.15, -0.1) is 10.2 Å². The Balaban J connectivity index is 2.14. The minimum Gasteiger partial charge on any atom is -0.352 e. The summed E-state index contributed by atoms with van der Waals surface area (Å²) in [5, 5.41) is 7.62. The zero-order chi connectivity index (χ0) is 13.1. The normalized spacial score (nSPS) is 16.6. The summed E-state index contributed by atoms with van der Waals surface area (Å²) in [4.78, 5) is 19.2. The molecule has 1 aliphatic rings. The van der Waals surface area contributed by atoms with E-state index >= 15 is 0 Å². The third kappa shape index (κ3) is 3.00. The molecule has 0 N–H and O–H groups in total. The van der Waals surface area contributed by atoms with E-state index in [1.807, 2.05) is 9.80 Å². The maximum Gasteiger partial charge on any atom is 0.245 e. The Morgan fingerprint density at radius 2 is 1.94 bits per heavy atom. The Bertz CT molecular complexity index is 456. The fraction of sp³-hybridized carbons (Fsp3) is 0.600. The summed E-state index contributed by atoms with van der Waals surface area (Å²) in [5.41, 5.74) is 0. The summed E-state index contributed by atoms with van der Waals surface area (Å²) >= 11 is 11.7. The van der Waals surface area contributed by atoms with Gasteiger partial charge in [-0.1, -0.05) is 11.6 Å². The molecule has 8 heteroatoms. The van der Waals surface area contributed by atoms with E-state index in [9.17, 15) is 4.79 Å². The summed E-state index contributed by atoms with van der Waals surface area (Å²) < 4.78 is 0. The van der Waals surface area contributed by atoms with Crippen molar-refractivity contribution in [3.05, 3.63) is 10.4 Å². The Kier molecular flexibility index (Phi) is 4.19. The van der Waals surface area contributed by atoms with Crippen molar-refractivity contribution in [1.82, 2.24) is 20.1 Å². The molecule has 2 rings (SSSR count). The molecule has 0 spiro atoms. The van der Waals surface area contributed by atoms with Crippen LogP contribution >= 0.6 is 23.2 Å². The molecule has 1 amide bonds. The second kappa shape index (κ2) is 5.67. The molecule has 0 radical (unpaired) electrons. The van der Waals surface area contributed by atoms with Crippen molar-refractivity contribution in [2.24, 2.45) is 0 Å². The SMILES string of the molecule is CC(=O)N1CCCN(c2nc(Cl)nnc2Cl)CC1. The molecule has 1 aromatic heterocycles. The van der Waals surface area contributed by atoms with Crippen molar-refractivity contribution >= 4 is 34.9 Å². The molecule has 0 atom stereocenters. The third-order valence-electron chi connectivity index (χ3n) is 2.84. The molecule has 0 aliphatic carbocycles. The number of aromatic nitrogens is 3. The molecule has 1 aliphatic heterocycles. The smallest absolute Gasteiger partial charge is 0.245 e. The Morgan fingerprint density at radius 3 is 2.67 bits per heavy atom. The quantitative estimate of drug-likeness (QED) is 0.778.